The molecule has 0 saturated carbocycles. The summed E-state index contributed by atoms with van der Waals surface area (Å²) in [6, 6.07) is 0. The molecule has 1 aromatic heterocycles. The molecule has 0 saturated heterocycles. The molecule has 1 aromatic rings. The molecule has 8 heteroatoms. The summed E-state index contributed by atoms with van der Waals surface area (Å²) in [4.78, 5) is 10.8. The van der Waals surface area contributed by atoms with Crippen molar-refractivity contribution in [3.05, 3.63) is 16.3 Å². The Morgan fingerprint density at radius 1 is 1.46 bits per heavy atom. The summed E-state index contributed by atoms with van der Waals surface area (Å²) in [5, 5.41) is 5.57. The summed E-state index contributed by atoms with van der Waals surface area (Å²) in [6.07, 6.45) is 1.43. The van der Waals surface area contributed by atoms with Crippen LogP contribution < -0.4 is 5.56 Å². The first kappa shape index (κ1) is 10.0. The normalized spacial score (nSPS) is 10.8. The molecule has 0 amide bonds. The van der Waals surface area contributed by atoms with Crippen molar-refractivity contribution in [1.82, 2.24) is 14.8 Å². The Morgan fingerprint density at radius 2 is 2.08 bits per heavy atom. The highest BCUT2D eigenvalue weighted by atomic mass is 32.2. The first-order valence-electron chi connectivity index (χ1n) is 3.04. The van der Waals surface area contributed by atoms with E-state index in [1.807, 2.05) is 0 Å². The van der Waals surface area contributed by atoms with E-state index in [1.165, 1.54) is 6.26 Å². The third-order valence-electron chi connectivity index (χ3n) is 1.20. The number of halogens is 3. The number of rotatable bonds is 2. The van der Waals surface area contributed by atoms with Gasteiger partial charge in [0.2, 0.25) is 0 Å². The second-order valence-corrected chi connectivity index (χ2v) is 2.70. The minimum atomic E-state index is -3.11. The van der Waals surface area contributed by atoms with Gasteiger partial charge in [0.1, 0.15) is 0 Å². The third kappa shape index (κ3) is 1.82. The van der Waals surface area contributed by atoms with Crippen molar-refractivity contribution in [2.75, 3.05) is 6.26 Å². The molecular formula is C5H4F3N3OS. The zero-order valence-electron chi connectivity index (χ0n) is 6.37. The fourth-order valence-electron chi connectivity index (χ4n) is 0.675. The molecule has 0 atom stereocenters. The standard InChI is InChI=1S/C5H4F3N3OS/c1-13-5-10-9-2(6)3(12)11(5)4(7)8/h4H,1H3. The average Bonchev–Trinajstić information content (AvgIpc) is 2.08. The molecule has 0 N–H and O–H groups in total. The van der Waals surface area contributed by atoms with Crippen molar-refractivity contribution in [2.24, 2.45) is 0 Å². The second-order valence-electron chi connectivity index (χ2n) is 1.93. The number of nitrogens with zero attached hydrogens (tertiary/aromatic N) is 3. The van der Waals surface area contributed by atoms with Gasteiger partial charge in [-0.05, 0) is 6.26 Å². The van der Waals surface area contributed by atoms with Crippen molar-refractivity contribution < 1.29 is 13.2 Å². The summed E-state index contributed by atoms with van der Waals surface area (Å²) in [5.41, 5.74) is -1.46. The Bertz CT molecular complexity index is 367. The molecule has 0 aliphatic rings. The molecule has 4 nitrogen and oxygen atoms in total. The molecular weight excluding hydrogens is 207 g/mol. The van der Waals surface area contributed by atoms with E-state index in [-0.39, 0.29) is 9.72 Å². The zero-order chi connectivity index (χ0) is 10.0. The van der Waals surface area contributed by atoms with Gasteiger partial charge in [-0.1, -0.05) is 11.8 Å². The summed E-state index contributed by atoms with van der Waals surface area (Å²) >= 11 is 0.789. The van der Waals surface area contributed by atoms with E-state index in [0.29, 0.717) is 0 Å². The number of hydrogen-bond donors (Lipinski definition) is 0. The Balaban J connectivity index is 3.42. The molecule has 0 radical (unpaired) electrons. The molecule has 1 rings (SSSR count). The first-order valence-corrected chi connectivity index (χ1v) is 4.27. The van der Waals surface area contributed by atoms with Crippen LogP contribution in [0.3, 0.4) is 0 Å². The van der Waals surface area contributed by atoms with Gasteiger partial charge in [-0.25, -0.2) is 4.57 Å². The van der Waals surface area contributed by atoms with E-state index in [4.69, 9.17) is 0 Å². The molecule has 0 aliphatic carbocycles. The van der Waals surface area contributed by atoms with E-state index in [9.17, 15) is 18.0 Å². The van der Waals surface area contributed by atoms with Crippen LogP contribution in [0.4, 0.5) is 13.2 Å². The summed E-state index contributed by atoms with van der Waals surface area (Å²) in [6.45, 7) is -3.11. The van der Waals surface area contributed by atoms with Gasteiger partial charge in [0.15, 0.2) is 5.16 Å². The van der Waals surface area contributed by atoms with Crippen LogP contribution in [-0.2, 0) is 0 Å². The van der Waals surface area contributed by atoms with Crippen LogP contribution in [0.25, 0.3) is 0 Å². The van der Waals surface area contributed by atoms with Crippen molar-refractivity contribution in [2.45, 2.75) is 11.7 Å². The fourth-order valence-corrected chi connectivity index (χ4v) is 1.16. The Morgan fingerprint density at radius 3 is 2.54 bits per heavy atom. The Hall–Kier alpha value is -1.05. The summed E-state index contributed by atoms with van der Waals surface area (Å²) in [7, 11) is 0. The highest BCUT2D eigenvalue weighted by molar-refractivity contribution is 7.98. The highest BCUT2D eigenvalue weighted by Gasteiger charge is 2.17. The van der Waals surface area contributed by atoms with Gasteiger partial charge in [-0.15, -0.1) is 10.2 Å². The van der Waals surface area contributed by atoms with Gasteiger partial charge in [-0.3, -0.25) is 4.79 Å². The van der Waals surface area contributed by atoms with E-state index < -0.39 is 18.1 Å². The number of aromatic nitrogens is 3. The van der Waals surface area contributed by atoms with Crippen molar-refractivity contribution in [3.8, 4) is 0 Å². The molecule has 13 heavy (non-hydrogen) atoms. The smallest absolute Gasteiger partial charge is 0.264 e. The van der Waals surface area contributed by atoms with Crippen LogP contribution in [0.15, 0.2) is 9.95 Å². The zero-order valence-corrected chi connectivity index (χ0v) is 7.19. The van der Waals surface area contributed by atoms with Crippen LogP contribution >= 0.6 is 11.8 Å². The van der Waals surface area contributed by atoms with Crippen LogP contribution in [0.1, 0.15) is 6.55 Å². The third-order valence-corrected chi connectivity index (χ3v) is 1.85. The second kappa shape index (κ2) is 3.77. The maximum Gasteiger partial charge on any atom is 0.323 e. The van der Waals surface area contributed by atoms with Gasteiger partial charge >= 0.3 is 12.1 Å². The lowest BCUT2D eigenvalue weighted by Gasteiger charge is -2.06. The van der Waals surface area contributed by atoms with Crippen molar-refractivity contribution >= 4 is 11.8 Å². The Kier molecular flexibility index (Phi) is 2.91. The maximum absolute atomic E-state index is 12.4. The molecule has 0 unspecified atom stereocenters. The lowest BCUT2D eigenvalue weighted by molar-refractivity contribution is 0.0516. The topological polar surface area (TPSA) is 47.8 Å². The van der Waals surface area contributed by atoms with E-state index in [2.05, 4.69) is 10.2 Å². The molecule has 72 valence electrons. The van der Waals surface area contributed by atoms with Crippen LogP contribution in [-0.4, -0.2) is 21.0 Å². The highest BCUT2D eigenvalue weighted by Crippen LogP contribution is 2.15. The van der Waals surface area contributed by atoms with Gasteiger partial charge in [0, 0.05) is 0 Å². The minimum absolute atomic E-state index is 0.0486. The SMILES string of the molecule is CSc1nnc(F)c(=O)n1C(F)F. The molecule has 0 aliphatic heterocycles. The average molecular weight is 211 g/mol. The van der Waals surface area contributed by atoms with Gasteiger partial charge < -0.3 is 0 Å². The fraction of sp³-hybridized carbons (Fsp3) is 0.400. The number of alkyl halides is 2. The van der Waals surface area contributed by atoms with Crippen LogP contribution in [0.2, 0.25) is 0 Å². The van der Waals surface area contributed by atoms with Gasteiger partial charge in [-0.2, -0.15) is 13.2 Å². The van der Waals surface area contributed by atoms with Crippen molar-refractivity contribution in [3.63, 3.8) is 0 Å². The lowest BCUT2D eigenvalue weighted by atomic mass is 10.7. The quantitative estimate of drug-likeness (QED) is 0.682. The summed E-state index contributed by atoms with van der Waals surface area (Å²) < 4.78 is 36.7. The van der Waals surface area contributed by atoms with Crippen molar-refractivity contribution in [1.29, 1.82) is 0 Å². The molecule has 0 fully saturated rings. The predicted octanol–water partition coefficient (Wildman–Crippen LogP) is 0.894. The molecule has 0 aromatic carbocycles. The monoisotopic (exact) mass is 211 g/mol. The maximum atomic E-state index is 12.4. The molecule has 1 heterocycles. The van der Waals surface area contributed by atoms with E-state index in [0.717, 1.165) is 11.8 Å². The number of hydrogen-bond acceptors (Lipinski definition) is 4. The van der Waals surface area contributed by atoms with Crippen LogP contribution in [0, 0.1) is 5.95 Å². The Labute approximate surface area is 74.8 Å². The molecule has 0 spiro atoms. The predicted molar refractivity (Wildman–Crippen MR) is 39.3 cm³/mol. The summed E-state index contributed by atoms with van der Waals surface area (Å²) in [5.74, 6) is -1.53. The minimum Gasteiger partial charge on any atom is -0.264 e. The van der Waals surface area contributed by atoms with E-state index >= 15 is 0 Å². The largest absolute Gasteiger partial charge is 0.323 e. The van der Waals surface area contributed by atoms with Gasteiger partial charge in [0.05, 0.1) is 0 Å². The van der Waals surface area contributed by atoms with Gasteiger partial charge in [0.25, 0.3) is 5.95 Å². The van der Waals surface area contributed by atoms with Crippen LogP contribution in [0.5, 0.6) is 0 Å². The molecule has 0 bridgehead atoms. The number of thioether (sulfide) groups is 1. The van der Waals surface area contributed by atoms with E-state index in [1.54, 1.807) is 0 Å². The first-order chi connectivity index (χ1) is 6.07. The lowest BCUT2D eigenvalue weighted by Crippen LogP contribution is -2.27.